The second-order valence-corrected chi connectivity index (χ2v) is 7.92. The van der Waals surface area contributed by atoms with Gasteiger partial charge in [-0.2, -0.15) is 18.3 Å². The number of hydrogen-bond donors (Lipinski definition) is 1. The van der Waals surface area contributed by atoms with Crippen LogP contribution in [-0.4, -0.2) is 22.8 Å². The predicted molar refractivity (Wildman–Crippen MR) is 108 cm³/mol. The summed E-state index contributed by atoms with van der Waals surface area (Å²) in [7, 11) is 1.53. The number of carbonyl (C=O) groups is 1. The number of nitrogens with one attached hydrogen (secondary N) is 1. The summed E-state index contributed by atoms with van der Waals surface area (Å²) in [5.74, 6) is -1.37. The fourth-order valence-corrected chi connectivity index (χ4v) is 2.83. The Hall–Kier alpha value is -3.36. The van der Waals surface area contributed by atoms with E-state index < -0.39 is 23.5 Å². The molecule has 5 nitrogen and oxygen atoms in total. The van der Waals surface area contributed by atoms with Crippen LogP contribution in [0.5, 0.6) is 5.75 Å². The van der Waals surface area contributed by atoms with E-state index in [1.807, 2.05) is 20.8 Å². The topological polar surface area (TPSA) is 56.1 Å². The van der Waals surface area contributed by atoms with Gasteiger partial charge in [-0.05, 0) is 42.5 Å². The van der Waals surface area contributed by atoms with Crippen LogP contribution in [0.4, 0.5) is 23.4 Å². The van der Waals surface area contributed by atoms with Crippen molar-refractivity contribution in [3.05, 3.63) is 71.2 Å². The van der Waals surface area contributed by atoms with E-state index in [1.54, 1.807) is 30.3 Å². The molecule has 0 fully saturated rings. The average Bonchev–Trinajstić information content (AvgIpc) is 3.11. The minimum atomic E-state index is -4.91. The number of nitrogens with zero attached hydrogens (tertiary/aromatic N) is 2. The van der Waals surface area contributed by atoms with Crippen LogP contribution in [0.1, 0.15) is 42.4 Å². The molecule has 0 aliphatic heterocycles. The lowest BCUT2D eigenvalue weighted by Crippen LogP contribution is -2.17. The van der Waals surface area contributed by atoms with Gasteiger partial charge in [0.2, 0.25) is 0 Å². The van der Waals surface area contributed by atoms with E-state index in [9.17, 15) is 22.4 Å². The number of anilines is 1. The van der Waals surface area contributed by atoms with Crippen molar-refractivity contribution in [2.45, 2.75) is 32.4 Å². The molecule has 0 aliphatic rings. The first-order valence-electron chi connectivity index (χ1n) is 9.33. The number of halogens is 4. The average molecular weight is 435 g/mol. The number of hydrogen-bond acceptors (Lipinski definition) is 3. The molecule has 0 aliphatic carbocycles. The minimum absolute atomic E-state index is 0.262. The summed E-state index contributed by atoms with van der Waals surface area (Å²) in [5, 5.41) is 7.13. The Balaban J connectivity index is 2.00. The Morgan fingerprint density at radius 2 is 1.68 bits per heavy atom. The number of ether oxygens (including phenoxy) is 1. The van der Waals surface area contributed by atoms with Gasteiger partial charge in [-0.15, -0.1) is 0 Å². The van der Waals surface area contributed by atoms with Crippen molar-refractivity contribution in [2.75, 3.05) is 12.4 Å². The maximum atomic E-state index is 13.6. The van der Waals surface area contributed by atoms with Crippen molar-refractivity contribution in [3.8, 4) is 11.4 Å². The van der Waals surface area contributed by atoms with Gasteiger partial charge in [0.1, 0.15) is 17.4 Å². The Bertz CT molecular complexity index is 1100. The van der Waals surface area contributed by atoms with Crippen molar-refractivity contribution in [1.29, 1.82) is 0 Å². The van der Waals surface area contributed by atoms with Gasteiger partial charge in [0, 0.05) is 17.0 Å². The third-order valence-corrected chi connectivity index (χ3v) is 4.57. The molecule has 2 aromatic carbocycles. The summed E-state index contributed by atoms with van der Waals surface area (Å²) in [6.45, 7) is 5.82. The van der Waals surface area contributed by atoms with Crippen molar-refractivity contribution >= 4 is 11.7 Å². The van der Waals surface area contributed by atoms with Crippen molar-refractivity contribution in [3.63, 3.8) is 0 Å². The Kier molecular flexibility index (Phi) is 5.80. The smallest absolute Gasteiger partial charge is 0.419 e. The van der Waals surface area contributed by atoms with Gasteiger partial charge >= 0.3 is 6.18 Å². The molecule has 31 heavy (non-hydrogen) atoms. The highest BCUT2D eigenvalue weighted by Crippen LogP contribution is 2.32. The highest BCUT2D eigenvalue weighted by molar-refractivity contribution is 6.04. The van der Waals surface area contributed by atoms with Crippen LogP contribution in [0.2, 0.25) is 0 Å². The normalized spacial score (nSPS) is 12.0. The Labute approximate surface area is 176 Å². The highest BCUT2D eigenvalue weighted by Gasteiger charge is 2.34. The number of benzene rings is 2. The molecule has 1 N–H and O–H groups in total. The zero-order valence-corrected chi connectivity index (χ0v) is 17.3. The summed E-state index contributed by atoms with van der Waals surface area (Å²) in [4.78, 5) is 12.7. The van der Waals surface area contributed by atoms with E-state index in [2.05, 4.69) is 10.4 Å². The van der Waals surface area contributed by atoms with E-state index >= 15 is 0 Å². The summed E-state index contributed by atoms with van der Waals surface area (Å²) >= 11 is 0. The molecule has 1 heterocycles. The molecular weight excluding hydrogens is 414 g/mol. The SMILES string of the molecule is COc1ccc(-n2nc(C(C)(C)C)cc2NC(=O)c2ccc(F)c(C(F)(F)F)c2)cc1. The fourth-order valence-electron chi connectivity index (χ4n) is 2.83. The molecule has 0 radical (unpaired) electrons. The number of carbonyl (C=O) groups excluding carboxylic acids is 1. The Morgan fingerprint density at radius 3 is 2.23 bits per heavy atom. The van der Waals surface area contributed by atoms with Crippen molar-refractivity contribution in [1.82, 2.24) is 9.78 Å². The van der Waals surface area contributed by atoms with Gasteiger partial charge in [0.15, 0.2) is 0 Å². The van der Waals surface area contributed by atoms with E-state index in [4.69, 9.17) is 4.74 Å². The lowest BCUT2D eigenvalue weighted by atomic mass is 9.92. The molecule has 3 rings (SSSR count). The standard InChI is InChI=1S/C22H21F4N3O2/c1-21(2,3)18-12-19(29(28-18)14-6-8-15(31-4)9-7-14)27-20(30)13-5-10-17(23)16(11-13)22(24,25)26/h5-12H,1-4H3,(H,27,30). The molecule has 3 aromatic rings. The molecule has 0 bridgehead atoms. The van der Waals surface area contributed by atoms with Gasteiger partial charge in [0.25, 0.3) is 5.91 Å². The third-order valence-electron chi connectivity index (χ3n) is 4.57. The van der Waals surface area contributed by atoms with Gasteiger partial charge < -0.3 is 10.1 Å². The largest absolute Gasteiger partial charge is 0.497 e. The van der Waals surface area contributed by atoms with Gasteiger partial charge in [-0.1, -0.05) is 20.8 Å². The number of alkyl halides is 3. The van der Waals surface area contributed by atoms with Crippen LogP contribution in [0.25, 0.3) is 5.69 Å². The number of rotatable bonds is 4. The zero-order valence-electron chi connectivity index (χ0n) is 17.3. The third kappa shape index (κ3) is 4.87. The number of aromatic nitrogens is 2. The van der Waals surface area contributed by atoms with Crippen LogP contribution >= 0.6 is 0 Å². The molecule has 0 saturated heterocycles. The molecule has 0 saturated carbocycles. The first-order chi connectivity index (χ1) is 14.4. The summed E-state index contributed by atoms with van der Waals surface area (Å²) < 4.78 is 59.2. The molecule has 1 aromatic heterocycles. The summed E-state index contributed by atoms with van der Waals surface area (Å²) in [6, 6.07) is 10.7. The quantitative estimate of drug-likeness (QED) is 0.544. The van der Waals surface area contributed by atoms with Crippen LogP contribution in [0, 0.1) is 5.82 Å². The highest BCUT2D eigenvalue weighted by atomic mass is 19.4. The fraction of sp³-hybridized carbons (Fsp3) is 0.273. The second kappa shape index (κ2) is 8.05. The summed E-state index contributed by atoms with van der Waals surface area (Å²) in [5.41, 5.74) is -0.903. The number of methoxy groups -OCH3 is 1. The number of amides is 1. The minimum Gasteiger partial charge on any atom is -0.497 e. The molecular formula is C22H21F4N3O2. The van der Waals surface area contributed by atoms with E-state index in [0.29, 0.717) is 29.3 Å². The molecule has 9 heteroatoms. The maximum Gasteiger partial charge on any atom is 0.419 e. The Morgan fingerprint density at radius 1 is 1.03 bits per heavy atom. The predicted octanol–water partition coefficient (Wildman–Crippen LogP) is 5.59. The molecule has 1 amide bonds. The second-order valence-electron chi connectivity index (χ2n) is 7.92. The first kappa shape index (κ1) is 22.3. The van der Waals surface area contributed by atoms with E-state index in [-0.39, 0.29) is 16.8 Å². The van der Waals surface area contributed by atoms with Crippen molar-refractivity contribution in [2.24, 2.45) is 0 Å². The van der Waals surface area contributed by atoms with E-state index in [1.165, 1.54) is 11.8 Å². The monoisotopic (exact) mass is 435 g/mol. The maximum absolute atomic E-state index is 13.6. The first-order valence-corrected chi connectivity index (χ1v) is 9.33. The van der Waals surface area contributed by atoms with Gasteiger partial charge in [-0.3, -0.25) is 4.79 Å². The molecule has 0 spiro atoms. The summed E-state index contributed by atoms with van der Waals surface area (Å²) in [6.07, 6.45) is -4.91. The van der Waals surface area contributed by atoms with Crippen LogP contribution in [0.3, 0.4) is 0 Å². The van der Waals surface area contributed by atoms with Crippen molar-refractivity contribution < 1.29 is 27.1 Å². The molecule has 0 atom stereocenters. The van der Waals surface area contributed by atoms with Gasteiger partial charge in [0.05, 0.1) is 24.1 Å². The van der Waals surface area contributed by atoms with Crippen LogP contribution in [0.15, 0.2) is 48.5 Å². The zero-order chi connectivity index (χ0) is 23.0. The lowest BCUT2D eigenvalue weighted by molar-refractivity contribution is -0.140. The molecule has 164 valence electrons. The van der Waals surface area contributed by atoms with Crippen LogP contribution < -0.4 is 10.1 Å². The van der Waals surface area contributed by atoms with Gasteiger partial charge in [-0.25, -0.2) is 9.07 Å². The molecule has 0 unspecified atom stereocenters. The lowest BCUT2D eigenvalue weighted by Gasteiger charge is -2.14. The van der Waals surface area contributed by atoms with E-state index in [0.717, 1.165) is 6.07 Å². The van der Waals surface area contributed by atoms with Crippen LogP contribution in [-0.2, 0) is 11.6 Å².